The predicted octanol–water partition coefficient (Wildman–Crippen LogP) is 2.88. The number of aryl methyl sites for hydroxylation is 1. The third-order valence-electron chi connectivity index (χ3n) is 6.11. The van der Waals surface area contributed by atoms with Gasteiger partial charge in [-0.15, -0.1) is 0 Å². The Bertz CT molecular complexity index is 1240. The number of methoxy groups -OCH3 is 1. The summed E-state index contributed by atoms with van der Waals surface area (Å²) in [6.45, 7) is 2.61. The van der Waals surface area contributed by atoms with E-state index in [1.165, 1.54) is 6.07 Å². The van der Waals surface area contributed by atoms with Crippen molar-refractivity contribution in [2.75, 3.05) is 26.8 Å². The summed E-state index contributed by atoms with van der Waals surface area (Å²) in [7, 11) is 1.60. The van der Waals surface area contributed by atoms with Crippen LogP contribution in [0.25, 0.3) is 22.1 Å². The fourth-order valence-corrected chi connectivity index (χ4v) is 4.15. The standard InChI is InChI=1S/C25H26N2O6/c1-15-21(32-14-22(28)27-11-9-17(10-12-27)25(26)30)8-7-19-20(13-23(29)33-24(15)19)16-3-5-18(31-2)6-4-16/h3-8,13,17H,9-12,14H2,1-2H3,(H2,26,30). The molecule has 2 heterocycles. The molecule has 3 aromatic rings. The number of rotatable bonds is 6. The van der Waals surface area contributed by atoms with Gasteiger partial charge < -0.3 is 24.5 Å². The molecule has 8 heteroatoms. The molecule has 1 aromatic heterocycles. The van der Waals surface area contributed by atoms with Gasteiger partial charge in [-0.3, -0.25) is 9.59 Å². The molecule has 1 saturated heterocycles. The Hall–Kier alpha value is -3.81. The first-order valence-electron chi connectivity index (χ1n) is 10.8. The number of nitrogens with two attached hydrogens (primary N) is 1. The van der Waals surface area contributed by atoms with Crippen molar-refractivity contribution in [1.82, 2.24) is 4.90 Å². The summed E-state index contributed by atoms with van der Waals surface area (Å²) in [5.41, 5.74) is 7.54. The summed E-state index contributed by atoms with van der Waals surface area (Å²) in [6, 6.07) is 12.5. The van der Waals surface area contributed by atoms with Crippen molar-refractivity contribution in [2.24, 2.45) is 11.7 Å². The van der Waals surface area contributed by atoms with Gasteiger partial charge in [0.05, 0.1) is 7.11 Å². The number of hydrogen-bond acceptors (Lipinski definition) is 6. The van der Waals surface area contributed by atoms with Crippen molar-refractivity contribution >= 4 is 22.8 Å². The van der Waals surface area contributed by atoms with Gasteiger partial charge in [0.15, 0.2) is 6.61 Å². The zero-order valence-corrected chi connectivity index (χ0v) is 18.6. The normalized spacial score (nSPS) is 14.3. The van der Waals surface area contributed by atoms with Crippen LogP contribution in [0.2, 0.25) is 0 Å². The first kappa shape index (κ1) is 22.4. The van der Waals surface area contributed by atoms with Gasteiger partial charge in [-0.05, 0) is 55.2 Å². The van der Waals surface area contributed by atoms with E-state index in [4.69, 9.17) is 19.6 Å². The van der Waals surface area contributed by atoms with E-state index in [1.54, 1.807) is 25.0 Å². The van der Waals surface area contributed by atoms with Crippen LogP contribution < -0.4 is 20.8 Å². The second-order valence-electron chi connectivity index (χ2n) is 8.12. The van der Waals surface area contributed by atoms with Crippen LogP contribution in [-0.2, 0) is 9.59 Å². The quantitative estimate of drug-likeness (QED) is 0.578. The molecule has 0 saturated carbocycles. The highest BCUT2D eigenvalue weighted by atomic mass is 16.5. The van der Waals surface area contributed by atoms with Crippen LogP contribution in [0, 0.1) is 12.8 Å². The summed E-state index contributed by atoms with van der Waals surface area (Å²) in [5, 5.41) is 0.768. The van der Waals surface area contributed by atoms with Gasteiger partial charge in [-0.2, -0.15) is 0 Å². The lowest BCUT2D eigenvalue weighted by molar-refractivity contribution is -0.136. The van der Waals surface area contributed by atoms with Crippen molar-refractivity contribution < 1.29 is 23.5 Å². The number of fused-ring (bicyclic) bond motifs is 1. The molecule has 33 heavy (non-hydrogen) atoms. The molecule has 0 atom stereocenters. The van der Waals surface area contributed by atoms with Crippen molar-refractivity contribution in [3.63, 3.8) is 0 Å². The maximum absolute atomic E-state index is 12.6. The van der Waals surface area contributed by atoms with Crippen molar-refractivity contribution in [1.29, 1.82) is 0 Å². The Morgan fingerprint density at radius 2 is 1.82 bits per heavy atom. The number of piperidine rings is 1. The third kappa shape index (κ3) is 4.69. The van der Waals surface area contributed by atoms with Crippen LogP contribution in [0.5, 0.6) is 11.5 Å². The number of likely N-dealkylation sites (tertiary alicyclic amines) is 1. The number of carbonyl (C=O) groups is 2. The number of hydrogen-bond donors (Lipinski definition) is 1. The highest BCUT2D eigenvalue weighted by Gasteiger charge is 2.26. The second kappa shape index (κ2) is 9.36. The van der Waals surface area contributed by atoms with Gasteiger partial charge in [0, 0.05) is 36.0 Å². The number of carbonyl (C=O) groups excluding carboxylic acids is 2. The topological polar surface area (TPSA) is 112 Å². The lowest BCUT2D eigenvalue weighted by Crippen LogP contribution is -2.43. The molecule has 0 unspecified atom stereocenters. The molecule has 0 bridgehead atoms. The Morgan fingerprint density at radius 1 is 1.12 bits per heavy atom. The maximum atomic E-state index is 12.6. The Morgan fingerprint density at radius 3 is 2.45 bits per heavy atom. The SMILES string of the molecule is COc1ccc(-c2cc(=O)oc3c(C)c(OCC(=O)N4CCC(C(N)=O)CC4)ccc23)cc1. The lowest BCUT2D eigenvalue weighted by atomic mass is 9.96. The van der Waals surface area contributed by atoms with Crippen LogP contribution in [-0.4, -0.2) is 43.5 Å². The Labute approximate surface area is 190 Å². The molecule has 0 spiro atoms. The fraction of sp³-hybridized carbons (Fsp3) is 0.320. The molecule has 0 radical (unpaired) electrons. The summed E-state index contributed by atoms with van der Waals surface area (Å²) in [6.07, 6.45) is 1.13. The molecule has 1 aliphatic heterocycles. The van der Waals surface area contributed by atoms with Crippen molar-refractivity contribution in [3.8, 4) is 22.6 Å². The second-order valence-corrected chi connectivity index (χ2v) is 8.12. The summed E-state index contributed by atoms with van der Waals surface area (Å²) in [4.78, 5) is 37.8. The summed E-state index contributed by atoms with van der Waals surface area (Å²) >= 11 is 0. The molecular formula is C25H26N2O6. The van der Waals surface area contributed by atoms with Gasteiger partial charge >= 0.3 is 5.63 Å². The largest absolute Gasteiger partial charge is 0.497 e. The van der Waals surface area contributed by atoms with E-state index < -0.39 is 5.63 Å². The van der Waals surface area contributed by atoms with Crippen molar-refractivity contribution in [3.05, 3.63) is 58.4 Å². The minimum Gasteiger partial charge on any atom is -0.497 e. The molecule has 2 amide bonds. The molecule has 1 aliphatic rings. The zero-order chi connectivity index (χ0) is 23.5. The average Bonchev–Trinajstić information content (AvgIpc) is 2.83. The molecule has 8 nitrogen and oxygen atoms in total. The van der Waals surface area contributed by atoms with Gasteiger partial charge in [-0.25, -0.2) is 4.79 Å². The summed E-state index contributed by atoms with van der Waals surface area (Å²) in [5.74, 6) is 0.534. The Balaban J connectivity index is 1.54. The average molecular weight is 450 g/mol. The highest BCUT2D eigenvalue weighted by molar-refractivity contribution is 5.95. The monoisotopic (exact) mass is 450 g/mol. The predicted molar refractivity (Wildman–Crippen MR) is 123 cm³/mol. The number of ether oxygens (including phenoxy) is 2. The van der Waals surface area contributed by atoms with Gasteiger partial charge in [-0.1, -0.05) is 12.1 Å². The fourth-order valence-electron chi connectivity index (χ4n) is 4.15. The lowest BCUT2D eigenvalue weighted by Gasteiger charge is -2.30. The number of amides is 2. The minimum absolute atomic E-state index is 0.143. The molecular weight excluding hydrogens is 424 g/mol. The van der Waals surface area contributed by atoms with E-state index in [0.717, 1.165) is 22.3 Å². The van der Waals surface area contributed by atoms with Gasteiger partial charge in [0.2, 0.25) is 5.91 Å². The molecule has 2 N–H and O–H groups in total. The van der Waals surface area contributed by atoms with Crippen LogP contribution in [0.1, 0.15) is 18.4 Å². The van der Waals surface area contributed by atoms with E-state index in [1.807, 2.05) is 30.3 Å². The smallest absolute Gasteiger partial charge is 0.336 e. The van der Waals surface area contributed by atoms with E-state index >= 15 is 0 Å². The van der Waals surface area contributed by atoms with E-state index in [2.05, 4.69) is 0 Å². The molecule has 0 aliphatic carbocycles. The number of nitrogens with zero attached hydrogens (tertiary/aromatic N) is 1. The number of primary amides is 1. The van der Waals surface area contributed by atoms with Crippen LogP contribution in [0.4, 0.5) is 0 Å². The molecule has 172 valence electrons. The van der Waals surface area contributed by atoms with Gasteiger partial charge in [0.1, 0.15) is 17.1 Å². The Kier molecular flexibility index (Phi) is 6.35. The number of benzene rings is 2. The zero-order valence-electron chi connectivity index (χ0n) is 18.6. The maximum Gasteiger partial charge on any atom is 0.336 e. The molecule has 4 rings (SSSR count). The highest BCUT2D eigenvalue weighted by Crippen LogP contribution is 2.33. The molecule has 1 fully saturated rings. The summed E-state index contributed by atoms with van der Waals surface area (Å²) < 4.78 is 16.5. The third-order valence-corrected chi connectivity index (χ3v) is 6.11. The van der Waals surface area contributed by atoms with Crippen LogP contribution in [0.3, 0.4) is 0 Å². The first-order valence-corrected chi connectivity index (χ1v) is 10.8. The van der Waals surface area contributed by atoms with Gasteiger partial charge in [0.25, 0.3) is 5.91 Å². The van der Waals surface area contributed by atoms with E-state index in [9.17, 15) is 14.4 Å². The van der Waals surface area contributed by atoms with E-state index in [-0.39, 0.29) is 24.3 Å². The van der Waals surface area contributed by atoms with Crippen LogP contribution >= 0.6 is 0 Å². The molecule has 2 aromatic carbocycles. The first-order chi connectivity index (χ1) is 15.9. The van der Waals surface area contributed by atoms with Crippen LogP contribution in [0.15, 0.2) is 51.7 Å². The van der Waals surface area contributed by atoms with Crippen molar-refractivity contribution in [2.45, 2.75) is 19.8 Å². The minimum atomic E-state index is -0.470. The van der Waals surface area contributed by atoms with E-state index in [0.29, 0.717) is 42.8 Å².